The first-order valence-electron chi connectivity index (χ1n) is 6.61. The predicted molar refractivity (Wildman–Crippen MR) is 63.2 cm³/mol. The zero-order valence-electron chi connectivity index (χ0n) is 10.4. The smallest absolute Gasteiger partial charge is 0.326 e. The monoisotopic (exact) mass is 225 g/mol. The molecule has 3 nitrogen and oxygen atoms in total. The average molecular weight is 225 g/mol. The minimum absolute atomic E-state index is 0.0196. The van der Waals surface area contributed by atoms with E-state index in [4.69, 9.17) is 4.74 Å². The van der Waals surface area contributed by atoms with Gasteiger partial charge < -0.3 is 4.74 Å². The van der Waals surface area contributed by atoms with Gasteiger partial charge in [-0.15, -0.1) is 0 Å². The van der Waals surface area contributed by atoms with Crippen molar-refractivity contribution in [2.75, 3.05) is 6.61 Å². The van der Waals surface area contributed by atoms with Crippen molar-refractivity contribution in [1.82, 2.24) is 5.32 Å². The van der Waals surface area contributed by atoms with Crippen LogP contribution in [-0.4, -0.2) is 24.2 Å². The quantitative estimate of drug-likeness (QED) is 0.746. The Kier molecular flexibility index (Phi) is 3.53. The number of carbonyl (C=O) groups excluding carboxylic acids is 1. The molecule has 0 aliphatic heterocycles. The van der Waals surface area contributed by atoms with Crippen molar-refractivity contribution in [2.24, 2.45) is 5.92 Å². The Morgan fingerprint density at radius 2 is 1.94 bits per heavy atom. The SMILES string of the molecule is CCOC(=O)C1(NC2CC2)CCC(C)CC1. The molecule has 0 amide bonds. The largest absolute Gasteiger partial charge is 0.465 e. The number of rotatable bonds is 4. The van der Waals surface area contributed by atoms with Crippen LogP contribution in [0.5, 0.6) is 0 Å². The highest BCUT2D eigenvalue weighted by Gasteiger charge is 2.45. The van der Waals surface area contributed by atoms with Gasteiger partial charge in [-0.25, -0.2) is 0 Å². The molecule has 2 rings (SSSR count). The van der Waals surface area contributed by atoms with E-state index in [0.29, 0.717) is 12.6 Å². The van der Waals surface area contributed by atoms with Gasteiger partial charge in [0.2, 0.25) is 0 Å². The first-order chi connectivity index (χ1) is 7.66. The van der Waals surface area contributed by atoms with Crippen LogP contribution in [0.2, 0.25) is 0 Å². The molecule has 2 saturated carbocycles. The Bertz CT molecular complexity index is 253. The van der Waals surface area contributed by atoms with E-state index in [9.17, 15) is 4.79 Å². The molecule has 0 spiro atoms. The Hall–Kier alpha value is -0.570. The Morgan fingerprint density at radius 1 is 1.31 bits per heavy atom. The standard InChI is InChI=1S/C13H23NO2/c1-3-16-12(15)13(14-11-4-5-11)8-6-10(2)7-9-13/h10-11,14H,3-9H2,1-2H3. The molecule has 2 fully saturated rings. The van der Waals surface area contributed by atoms with Gasteiger partial charge in [-0.3, -0.25) is 10.1 Å². The van der Waals surface area contributed by atoms with Crippen molar-refractivity contribution in [3.8, 4) is 0 Å². The molecular weight excluding hydrogens is 202 g/mol. The molecule has 2 aliphatic rings. The molecule has 0 aromatic rings. The highest BCUT2D eigenvalue weighted by molar-refractivity contribution is 5.81. The summed E-state index contributed by atoms with van der Waals surface area (Å²) in [5, 5.41) is 3.54. The fourth-order valence-electron chi connectivity index (χ4n) is 2.55. The van der Waals surface area contributed by atoms with Crippen LogP contribution < -0.4 is 5.32 Å². The van der Waals surface area contributed by atoms with Gasteiger partial charge in [0.1, 0.15) is 5.54 Å². The second kappa shape index (κ2) is 4.74. The van der Waals surface area contributed by atoms with Crippen molar-refractivity contribution < 1.29 is 9.53 Å². The summed E-state index contributed by atoms with van der Waals surface area (Å²) in [6.45, 7) is 4.64. The second-order valence-corrected chi connectivity index (χ2v) is 5.40. The third-order valence-corrected chi connectivity index (χ3v) is 3.85. The molecule has 3 heteroatoms. The van der Waals surface area contributed by atoms with Gasteiger partial charge in [-0.05, 0) is 51.4 Å². The maximum atomic E-state index is 12.1. The van der Waals surface area contributed by atoms with E-state index in [1.54, 1.807) is 0 Å². The van der Waals surface area contributed by atoms with Gasteiger partial charge in [0.05, 0.1) is 6.61 Å². The van der Waals surface area contributed by atoms with Gasteiger partial charge in [0.25, 0.3) is 0 Å². The molecule has 0 atom stereocenters. The van der Waals surface area contributed by atoms with Crippen molar-refractivity contribution in [3.63, 3.8) is 0 Å². The zero-order valence-corrected chi connectivity index (χ0v) is 10.4. The van der Waals surface area contributed by atoms with E-state index in [1.807, 2.05) is 6.92 Å². The molecule has 92 valence electrons. The predicted octanol–water partition coefficient (Wildman–Crippen LogP) is 2.25. The lowest BCUT2D eigenvalue weighted by Gasteiger charge is -2.38. The van der Waals surface area contributed by atoms with Crippen molar-refractivity contribution >= 4 is 5.97 Å². The summed E-state index contributed by atoms with van der Waals surface area (Å²) in [6.07, 6.45) is 6.61. The number of esters is 1. The topological polar surface area (TPSA) is 38.3 Å². The molecule has 2 aliphatic carbocycles. The van der Waals surface area contributed by atoms with Crippen LogP contribution in [0.15, 0.2) is 0 Å². The molecule has 0 aromatic carbocycles. The lowest BCUT2D eigenvalue weighted by atomic mass is 9.77. The van der Waals surface area contributed by atoms with Gasteiger partial charge >= 0.3 is 5.97 Å². The van der Waals surface area contributed by atoms with Crippen molar-refractivity contribution in [1.29, 1.82) is 0 Å². The number of hydrogen-bond donors (Lipinski definition) is 1. The normalized spacial score (nSPS) is 34.8. The van der Waals surface area contributed by atoms with Crippen LogP contribution in [0.25, 0.3) is 0 Å². The zero-order chi connectivity index (χ0) is 11.6. The maximum absolute atomic E-state index is 12.1. The molecule has 0 heterocycles. The van der Waals surface area contributed by atoms with Gasteiger partial charge in [0.15, 0.2) is 0 Å². The van der Waals surface area contributed by atoms with E-state index in [-0.39, 0.29) is 11.5 Å². The Balaban J connectivity index is 2.02. The third kappa shape index (κ3) is 2.57. The molecule has 0 radical (unpaired) electrons. The fourth-order valence-corrected chi connectivity index (χ4v) is 2.55. The number of ether oxygens (including phenoxy) is 1. The minimum atomic E-state index is -0.357. The lowest BCUT2D eigenvalue weighted by molar-refractivity contribution is -0.153. The summed E-state index contributed by atoms with van der Waals surface area (Å²) in [4.78, 5) is 12.1. The van der Waals surface area contributed by atoms with Gasteiger partial charge in [-0.2, -0.15) is 0 Å². The second-order valence-electron chi connectivity index (χ2n) is 5.40. The molecule has 16 heavy (non-hydrogen) atoms. The van der Waals surface area contributed by atoms with E-state index < -0.39 is 0 Å². The number of nitrogens with one attached hydrogen (secondary N) is 1. The van der Waals surface area contributed by atoms with Gasteiger partial charge in [0, 0.05) is 6.04 Å². The average Bonchev–Trinajstić information content (AvgIpc) is 3.06. The highest BCUT2D eigenvalue weighted by atomic mass is 16.5. The molecular formula is C13H23NO2. The minimum Gasteiger partial charge on any atom is -0.465 e. The van der Waals surface area contributed by atoms with Crippen molar-refractivity contribution in [2.45, 2.75) is 64.0 Å². The molecule has 0 bridgehead atoms. The van der Waals surface area contributed by atoms with Crippen LogP contribution in [0.1, 0.15) is 52.4 Å². The maximum Gasteiger partial charge on any atom is 0.326 e. The number of carbonyl (C=O) groups is 1. The van der Waals surface area contributed by atoms with Crippen LogP contribution in [-0.2, 0) is 9.53 Å². The molecule has 0 unspecified atom stereocenters. The molecule has 1 N–H and O–H groups in total. The first kappa shape index (κ1) is 11.9. The summed E-state index contributed by atoms with van der Waals surface area (Å²) in [5.41, 5.74) is -0.357. The van der Waals surface area contributed by atoms with E-state index in [0.717, 1.165) is 31.6 Å². The van der Waals surface area contributed by atoms with E-state index in [2.05, 4.69) is 12.2 Å². The third-order valence-electron chi connectivity index (χ3n) is 3.85. The Morgan fingerprint density at radius 3 is 2.44 bits per heavy atom. The summed E-state index contributed by atoms with van der Waals surface area (Å²) >= 11 is 0. The van der Waals surface area contributed by atoms with Crippen LogP contribution in [0.3, 0.4) is 0 Å². The summed E-state index contributed by atoms with van der Waals surface area (Å²) in [7, 11) is 0. The van der Waals surface area contributed by atoms with E-state index in [1.165, 1.54) is 12.8 Å². The lowest BCUT2D eigenvalue weighted by Crippen LogP contribution is -2.55. The van der Waals surface area contributed by atoms with E-state index >= 15 is 0 Å². The summed E-state index contributed by atoms with van der Waals surface area (Å²) in [6, 6.07) is 0.567. The van der Waals surface area contributed by atoms with Crippen LogP contribution in [0, 0.1) is 5.92 Å². The van der Waals surface area contributed by atoms with Crippen molar-refractivity contribution in [3.05, 3.63) is 0 Å². The molecule has 0 saturated heterocycles. The Labute approximate surface area is 97.9 Å². The highest BCUT2D eigenvalue weighted by Crippen LogP contribution is 2.35. The van der Waals surface area contributed by atoms with Gasteiger partial charge in [-0.1, -0.05) is 6.92 Å². The first-order valence-corrected chi connectivity index (χ1v) is 6.61. The van der Waals surface area contributed by atoms with Crippen LogP contribution >= 0.6 is 0 Å². The molecule has 0 aromatic heterocycles. The summed E-state index contributed by atoms with van der Waals surface area (Å²) < 4.78 is 5.25. The van der Waals surface area contributed by atoms with Crippen LogP contribution in [0.4, 0.5) is 0 Å². The number of hydrogen-bond acceptors (Lipinski definition) is 3. The fraction of sp³-hybridized carbons (Fsp3) is 0.923. The summed E-state index contributed by atoms with van der Waals surface area (Å²) in [5.74, 6) is 0.734.